The van der Waals surface area contributed by atoms with Crippen LogP contribution in [0.2, 0.25) is 0 Å². The van der Waals surface area contributed by atoms with Crippen LogP contribution in [0, 0.1) is 20.8 Å². The van der Waals surface area contributed by atoms with Crippen LogP contribution < -0.4 is 5.32 Å². The summed E-state index contributed by atoms with van der Waals surface area (Å²) in [6, 6.07) is 22.0. The first-order valence-electron chi connectivity index (χ1n) is 10.2. The lowest BCUT2D eigenvalue weighted by Gasteiger charge is -2.13. The van der Waals surface area contributed by atoms with E-state index in [1.165, 1.54) is 17.3 Å². The molecule has 0 fully saturated rings. The van der Waals surface area contributed by atoms with E-state index in [1.54, 1.807) is 0 Å². The predicted molar refractivity (Wildman–Crippen MR) is 135 cm³/mol. The molecule has 0 radical (unpaired) electrons. The highest BCUT2D eigenvalue weighted by atomic mass is 79.9. The fourth-order valence-corrected chi connectivity index (χ4v) is 4.66. The number of benzene rings is 3. The SMILES string of the molecule is Cc1cc(C)c(NC(=O)CSc2nnc(-c3ccc(Br)cc3)n2-c2ccccc2)c(C)c1. The Hall–Kier alpha value is -2.90. The van der Waals surface area contributed by atoms with Gasteiger partial charge in [-0.05, 0) is 56.2 Å². The maximum Gasteiger partial charge on any atom is 0.234 e. The van der Waals surface area contributed by atoms with Crippen molar-refractivity contribution in [3.05, 3.63) is 87.9 Å². The Bertz CT molecular complexity index is 1230. The summed E-state index contributed by atoms with van der Waals surface area (Å²) in [5.74, 6) is 0.896. The minimum absolute atomic E-state index is 0.0714. The molecule has 0 atom stereocenters. The van der Waals surface area contributed by atoms with Crippen molar-refractivity contribution < 1.29 is 4.79 Å². The van der Waals surface area contributed by atoms with Crippen LogP contribution in [0.15, 0.2) is 76.4 Å². The van der Waals surface area contributed by atoms with Crippen LogP contribution in [0.3, 0.4) is 0 Å². The van der Waals surface area contributed by atoms with Gasteiger partial charge in [-0.3, -0.25) is 9.36 Å². The molecule has 0 bridgehead atoms. The third-order valence-electron chi connectivity index (χ3n) is 5.02. The van der Waals surface area contributed by atoms with Crippen LogP contribution in [0.25, 0.3) is 17.1 Å². The molecule has 0 spiro atoms. The number of nitrogens with zero attached hydrogens (tertiary/aromatic N) is 3. The molecule has 0 unspecified atom stereocenters. The lowest BCUT2D eigenvalue weighted by atomic mass is 10.1. The summed E-state index contributed by atoms with van der Waals surface area (Å²) < 4.78 is 2.99. The van der Waals surface area contributed by atoms with Gasteiger partial charge in [0.15, 0.2) is 11.0 Å². The van der Waals surface area contributed by atoms with Crippen molar-refractivity contribution in [3.63, 3.8) is 0 Å². The summed E-state index contributed by atoms with van der Waals surface area (Å²) in [5, 5.41) is 12.6. The minimum Gasteiger partial charge on any atom is -0.325 e. The molecule has 0 aliphatic rings. The van der Waals surface area contributed by atoms with Crippen LogP contribution in [0.4, 0.5) is 5.69 Å². The van der Waals surface area contributed by atoms with Gasteiger partial charge in [0.25, 0.3) is 0 Å². The Labute approximate surface area is 200 Å². The second-order valence-corrected chi connectivity index (χ2v) is 9.45. The molecule has 4 aromatic rings. The number of hydrogen-bond acceptors (Lipinski definition) is 4. The summed E-state index contributed by atoms with van der Waals surface area (Å²) in [4.78, 5) is 12.7. The summed E-state index contributed by atoms with van der Waals surface area (Å²) in [5.41, 5.74) is 6.08. The van der Waals surface area contributed by atoms with Crippen molar-refractivity contribution in [2.45, 2.75) is 25.9 Å². The number of anilines is 1. The number of hydrogen-bond donors (Lipinski definition) is 1. The summed E-state index contributed by atoms with van der Waals surface area (Å²) >= 11 is 4.85. The monoisotopic (exact) mass is 506 g/mol. The lowest BCUT2D eigenvalue weighted by molar-refractivity contribution is -0.113. The van der Waals surface area contributed by atoms with Gasteiger partial charge >= 0.3 is 0 Å². The largest absolute Gasteiger partial charge is 0.325 e. The Balaban J connectivity index is 1.59. The van der Waals surface area contributed by atoms with E-state index in [4.69, 9.17) is 0 Å². The quantitative estimate of drug-likeness (QED) is 0.309. The van der Waals surface area contributed by atoms with Crippen LogP contribution in [0.1, 0.15) is 16.7 Å². The second-order valence-electron chi connectivity index (χ2n) is 7.59. The highest BCUT2D eigenvalue weighted by Gasteiger charge is 2.18. The van der Waals surface area contributed by atoms with E-state index in [0.29, 0.717) is 5.16 Å². The average molecular weight is 507 g/mol. The third-order valence-corrected chi connectivity index (χ3v) is 6.48. The van der Waals surface area contributed by atoms with Crippen molar-refractivity contribution in [3.8, 4) is 17.1 Å². The molecule has 0 saturated carbocycles. The number of halogens is 1. The van der Waals surface area contributed by atoms with Crippen LogP contribution in [0.5, 0.6) is 0 Å². The zero-order valence-corrected chi connectivity index (χ0v) is 20.5. The fourth-order valence-electron chi connectivity index (χ4n) is 3.64. The Morgan fingerprint density at radius 2 is 1.62 bits per heavy atom. The van der Waals surface area contributed by atoms with Gasteiger partial charge in [0.2, 0.25) is 5.91 Å². The smallest absolute Gasteiger partial charge is 0.234 e. The van der Waals surface area contributed by atoms with Gasteiger partial charge < -0.3 is 5.32 Å². The standard InChI is InChI=1S/C25H23BrN4OS/c1-16-13-17(2)23(18(3)14-16)27-22(31)15-32-25-29-28-24(19-9-11-20(26)12-10-19)30(25)21-7-5-4-6-8-21/h4-14H,15H2,1-3H3,(H,27,31). The first-order valence-corrected chi connectivity index (χ1v) is 12.0. The zero-order valence-electron chi connectivity index (χ0n) is 18.1. The number of rotatable bonds is 6. The van der Waals surface area contributed by atoms with E-state index < -0.39 is 0 Å². The van der Waals surface area contributed by atoms with Gasteiger partial charge in [-0.15, -0.1) is 10.2 Å². The molecule has 32 heavy (non-hydrogen) atoms. The van der Waals surface area contributed by atoms with E-state index in [1.807, 2.05) is 73.0 Å². The number of carbonyl (C=O) groups excluding carboxylic acids is 1. The van der Waals surface area contributed by atoms with E-state index in [9.17, 15) is 4.79 Å². The summed E-state index contributed by atoms with van der Waals surface area (Å²) in [6.45, 7) is 6.08. The topological polar surface area (TPSA) is 59.8 Å². The van der Waals surface area contributed by atoms with Gasteiger partial charge in [0, 0.05) is 21.4 Å². The lowest BCUT2D eigenvalue weighted by Crippen LogP contribution is -2.16. The number of aromatic nitrogens is 3. The fraction of sp³-hybridized carbons (Fsp3) is 0.160. The summed E-state index contributed by atoms with van der Waals surface area (Å²) in [7, 11) is 0. The number of para-hydroxylation sites is 1. The molecule has 1 amide bonds. The normalized spacial score (nSPS) is 10.9. The van der Waals surface area contributed by atoms with Crippen molar-refractivity contribution >= 4 is 39.3 Å². The Morgan fingerprint density at radius 3 is 2.28 bits per heavy atom. The Morgan fingerprint density at radius 1 is 0.969 bits per heavy atom. The first kappa shape index (κ1) is 22.3. The number of nitrogens with one attached hydrogen (secondary N) is 1. The van der Waals surface area contributed by atoms with E-state index in [0.717, 1.165) is 38.4 Å². The van der Waals surface area contributed by atoms with Crippen LogP contribution >= 0.6 is 27.7 Å². The third kappa shape index (κ3) is 4.95. The van der Waals surface area contributed by atoms with Crippen LogP contribution in [-0.2, 0) is 4.79 Å². The van der Waals surface area contributed by atoms with Crippen molar-refractivity contribution in [1.82, 2.24) is 14.8 Å². The number of amides is 1. The number of aryl methyl sites for hydroxylation is 3. The molecule has 1 heterocycles. The van der Waals surface area contributed by atoms with Gasteiger partial charge in [-0.25, -0.2) is 0 Å². The van der Waals surface area contributed by atoms with Gasteiger partial charge in [0.05, 0.1) is 5.75 Å². The average Bonchev–Trinajstić information content (AvgIpc) is 3.20. The molecule has 162 valence electrons. The van der Waals surface area contributed by atoms with E-state index in [-0.39, 0.29) is 11.7 Å². The number of carbonyl (C=O) groups is 1. The van der Waals surface area contributed by atoms with Crippen molar-refractivity contribution in [2.24, 2.45) is 0 Å². The molecule has 0 aliphatic heterocycles. The molecule has 0 saturated heterocycles. The molecule has 0 aliphatic carbocycles. The molecular weight excluding hydrogens is 484 g/mol. The molecular formula is C25H23BrN4OS. The highest BCUT2D eigenvalue weighted by molar-refractivity contribution is 9.10. The maximum absolute atomic E-state index is 12.7. The van der Waals surface area contributed by atoms with Crippen LogP contribution in [-0.4, -0.2) is 26.4 Å². The second kappa shape index (κ2) is 9.71. The van der Waals surface area contributed by atoms with Gasteiger partial charge in [0.1, 0.15) is 0 Å². The molecule has 1 N–H and O–H groups in total. The molecule has 1 aromatic heterocycles. The molecule has 4 rings (SSSR count). The van der Waals surface area contributed by atoms with E-state index >= 15 is 0 Å². The first-order chi connectivity index (χ1) is 15.4. The molecule has 7 heteroatoms. The van der Waals surface area contributed by atoms with Gasteiger partial charge in [-0.2, -0.15) is 0 Å². The predicted octanol–water partition coefficient (Wildman–Crippen LogP) is 6.35. The minimum atomic E-state index is -0.0714. The number of thioether (sulfide) groups is 1. The molecule has 3 aromatic carbocycles. The maximum atomic E-state index is 12.7. The zero-order chi connectivity index (χ0) is 22.7. The van der Waals surface area contributed by atoms with E-state index in [2.05, 4.69) is 50.5 Å². The summed E-state index contributed by atoms with van der Waals surface area (Å²) in [6.07, 6.45) is 0. The van der Waals surface area contributed by atoms with Crippen molar-refractivity contribution in [1.29, 1.82) is 0 Å². The Kier molecular flexibility index (Phi) is 6.77. The van der Waals surface area contributed by atoms with Crippen molar-refractivity contribution in [2.75, 3.05) is 11.1 Å². The molecule has 5 nitrogen and oxygen atoms in total. The van der Waals surface area contributed by atoms with Gasteiger partial charge in [-0.1, -0.05) is 75.7 Å². The highest BCUT2D eigenvalue weighted by Crippen LogP contribution is 2.29.